The summed E-state index contributed by atoms with van der Waals surface area (Å²) in [5, 5.41) is 1.10. The van der Waals surface area contributed by atoms with Crippen molar-refractivity contribution in [3.63, 3.8) is 0 Å². The van der Waals surface area contributed by atoms with E-state index in [-0.39, 0.29) is 0 Å². The van der Waals surface area contributed by atoms with E-state index < -0.39 is 0 Å². The zero-order chi connectivity index (χ0) is 12.3. The van der Waals surface area contributed by atoms with Crippen LogP contribution in [0.5, 0.6) is 0 Å². The lowest BCUT2D eigenvalue weighted by atomic mass is 10.4. The number of halogens is 2. The van der Waals surface area contributed by atoms with Crippen molar-refractivity contribution >= 4 is 40.8 Å². The third kappa shape index (κ3) is 3.26. The zero-order valence-corrected chi connectivity index (χ0v) is 11.0. The molecule has 0 atom stereocenters. The van der Waals surface area contributed by atoms with Crippen LogP contribution in [0, 0.1) is 0 Å². The van der Waals surface area contributed by atoms with Crippen molar-refractivity contribution in [1.29, 1.82) is 0 Å². The van der Waals surface area contributed by atoms with Crippen LogP contribution in [0.15, 0.2) is 46.3 Å². The molecule has 0 saturated heterocycles. The largest absolute Gasteiger partial charge is 0.308 e. The zero-order valence-electron chi connectivity index (χ0n) is 8.65. The maximum atomic E-state index is 5.95. The van der Waals surface area contributed by atoms with Gasteiger partial charge in [0, 0.05) is 16.0 Å². The third-order valence-electron chi connectivity index (χ3n) is 2.01. The molecule has 0 spiro atoms. The number of rotatable bonds is 3. The molecule has 3 N–H and O–H groups in total. The number of nitrogen functional groups attached to an aromatic ring is 1. The smallest absolute Gasteiger partial charge is 0.140 e. The Kier molecular flexibility index (Phi) is 4.12. The van der Waals surface area contributed by atoms with Crippen LogP contribution < -0.4 is 11.3 Å². The van der Waals surface area contributed by atoms with E-state index >= 15 is 0 Å². The molecular formula is C11H9Cl2N3S. The minimum atomic E-state index is 0.544. The van der Waals surface area contributed by atoms with E-state index in [9.17, 15) is 0 Å². The standard InChI is InChI=1S/C11H9Cl2N3S/c12-9-2-1-7(5-10(9)13)17-8-3-4-15-11(6-8)16-14/h1-6H,14H2,(H,15,16). The summed E-state index contributed by atoms with van der Waals surface area (Å²) in [5.41, 5.74) is 2.50. The number of pyridine rings is 1. The Labute approximate surface area is 113 Å². The second kappa shape index (κ2) is 5.60. The minimum Gasteiger partial charge on any atom is -0.308 e. The minimum absolute atomic E-state index is 0.544. The Hall–Kier alpha value is -0.940. The van der Waals surface area contributed by atoms with Crippen LogP contribution >= 0.6 is 35.0 Å². The maximum Gasteiger partial charge on any atom is 0.140 e. The van der Waals surface area contributed by atoms with Crippen molar-refractivity contribution in [1.82, 2.24) is 4.98 Å². The molecular weight excluding hydrogens is 277 g/mol. The van der Waals surface area contributed by atoms with Gasteiger partial charge in [-0.3, -0.25) is 0 Å². The molecule has 0 bridgehead atoms. The monoisotopic (exact) mass is 285 g/mol. The Morgan fingerprint density at radius 2 is 1.82 bits per heavy atom. The number of benzene rings is 1. The van der Waals surface area contributed by atoms with Crippen LogP contribution in [-0.4, -0.2) is 4.98 Å². The summed E-state index contributed by atoms with van der Waals surface area (Å²) in [5.74, 6) is 5.92. The summed E-state index contributed by atoms with van der Waals surface area (Å²) >= 11 is 13.4. The first-order valence-electron chi connectivity index (χ1n) is 4.74. The highest BCUT2D eigenvalue weighted by molar-refractivity contribution is 7.99. The number of nitrogens with two attached hydrogens (primary N) is 1. The maximum absolute atomic E-state index is 5.95. The Balaban J connectivity index is 2.22. The van der Waals surface area contributed by atoms with Crippen LogP contribution in [0.4, 0.5) is 5.82 Å². The van der Waals surface area contributed by atoms with Gasteiger partial charge in [-0.05, 0) is 30.3 Å². The average Bonchev–Trinajstić information content (AvgIpc) is 2.34. The number of hydrazine groups is 1. The summed E-state index contributed by atoms with van der Waals surface area (Å²) in [7, 11) is 0. The van der Waals surface area contributed by atoms with Gasteiger partial charge in [-0.15, -0.1) is 0 Å². The number of hydrogen-bond donors (Lipinski definition) is 2. The Bertz CT molecular complexity index is 534. The third-order valence-corrected chi connectivity index (χ3v) is 3.72. The SMILES string of the molecule is NNc1cc(Sc2ccc(Cl)c(Cl)c2)ccn1. The normalized spacial score (nSPS) is 10.3. The first-order valence-corrected chi connectivity index (χ1v) is 6.32. The summed E-state index contributed by atoms with van der Waals surface area (Å²) in [6.07, 6.45) is 1.69. The molecule has 17 heavy (non-hydrogen) atoms. The first-order chi connectivity index (χ1) is 8.19. The Morgan fingerprint density at radius 1 is 1.06 bits per heavy atom. The summed E-state index contributed by atoms with van der Waals surface area (Å²) < 4.78 is 0. The van der Waals surface area contributed by atoms with Gasteiger partial charge in [0.2, 0.25) is 0 Å². The lowest BCUT2D eigenvalue weighted by Gasteiger charge is -2.04. The van der Waals surface area contributed by atoms with Crippen molar-refractivity contribution in [2.45, 2.75) is 9.79 Å². The molecule has 0 aliphatic heterocycles. The Morgan fingerprint density at radius 3 is 2.53 bits per heavy atom. The lowest BCUT2D eigenvalue weighted by Crippen LogP contribution is -2.07. The molecule has 0 aliphatic rings. The van der Waals surface area contributed by atoms with E-state index in [4.69, 9.17) is 29.0 Å². The van der Waals surface area contributed by atoms with Gasteiger partial charge in [0.25, 0.3) is 0 Å². The molecule has 6 heteroatoms. The van der Waals surface area contributed by atoms with Gasteiger partial charge in [-0.1, -0.05) is 35.0 Å². The predicted octanol–water partition coefficient (Wildman–Crippen LogP) is 3.83. The molecule has 0 amide bonds. The average molecular weight is 286 g/mol. The fourth-order valence-corrected chi connectivity index (χ4v) is 2.48. The van der Waals surface area contributed by atoms with Crippen LogP contribution in [-0.2, 0) is 0 Å². The lowest BCUT2D eigenvalue weighted by molar-refractivity contribution is 1.19. The van der Waals surface area contributed by atoms with Crippen molar-refractivity contribution in [3.05, 3.63) is 46.6 Å². The highest BCUT2D eigenvalue weighted by atomic mass is 35.5. The predicted molar refractivity (Wildman–Crippen MR) is 72.6 cm³/mol. The molecule has 1 heterocycles. The van der Waals surface area contributed by atoms with E-state index in [0.29, 0.717) is 15.9 Å². The molecule has 0 fully saturated rings. The molecule has 2 aromatic rings. The van der Waals surface area contributed by atoms with Crippen molar-refractivity contribution in [3.8, 4) is 0 Å². The van der Waals surface area contributed by atoms with E-state index in [1.807, 2.05) is 24.3 Å². The van der Waals surface area contributed by atoms with Crippen LogP contribution in [0.25, 0.3) is 0 Å². The van der Waals surface area contributed by atoms with Gasteiger partial charge in [-0.25, -0.2) is 10.8 Å². The topological polar surface area (TPSA) is 50.9 Å². The van der Waals surface area contributed by atoms with E-state index in [1.165, 1.54) is 0 Å². The van der Waals surface area contributed by atoms with Gasteiger partial charge in [0.1, 0.15) is 5.82 Å². The number of nitrogens with zero attached hydrogens (tertiary/aromatic N) is 1. The quantitative estimate of drug-likeness (QED) is 0.665. The van der Waals surface area contributed by atoms with Crippen molar-refractivity contribution in [2.24, 2.45) is 5.84 Å². The van der Waals surface area contributed by atoms with E-state index in [1.54, 1.807) is 24.0 Å². The molecule has 0 saturated carbocycles. The second-order valence-corrected chi connectivity index (χ2v) is 5.16. The summed E-state index contributed by atoms with van der Waals surface area (Å²) in [6, 6.07) is 9.26. The fraction of sp³-hybridized carbons (Fsp3) is 0. The summed E-state index contributed by atoms with van der Waals surface area (Å²) in [6.45, 7) is 0. The molecule has 2 rings (SSSR count). The summed E-state index contributed by atoms with van der Waals surface area (Å²) in [4.78, 5) is 6.06. The van der Waals surface area contributed by atoms with Crippen molar-refractivity contribution in [2.75, 3.05) is 5.43 Å². The fourth-order valence-electron chi connectivity index (χ4n) is 1.23. The number of nitrogens with one attached hydrogen (secondary N) is 1. The molecule has 0 aliphatic carbocycles. The molecule has 0 radical (unpaired) electrons. The highest BCUT2D eigenvalue weighted by Gasteiger charge is 2.02. The van der Waals surface area contributed by atoms with Crippen LogP contribution in [0.1, 0.15) is 0 Å². The molecule has 1 aromatic carbocycles. The van der Waals surface area contributed by atoms with Gasteiger partial charge in [0.15, 0.2) is 0 Å². The van der Waals surface area contributed by atoms with E-state index in [0.717, 1.165) is 9.79 Å². The highest BCUT2D eigenvalue weighted by Crippen LogP contribution is 2.32. The molecule has 1 aromatic heterocycles. The van der Waals surface area contributed by atoms with Crippen molar-refractivity contribution < 1.29 is 0 Å². The van der Waals surface area contributed by atoms with Gasteiger partial charge < -0.3 is 5.43 Å². The van der Waals surface area contributed by atoms with Gasteiger partial charge in [-0.2, -0.15) is 0 Å². The molecule has 0 unspecified atom stereocenters. The number of anilines is 1. The van der Waals surface area contributed by atoms with Crippen LogP contribution in [0.2, 0.25) is 10.0 Å². The second-order valence-electron chi connectivity index (χ2n) is 3.20. The van der Waals surface area contributed by atoms with Crippen LogP contribution in [0.3, 0.4) is 0 Å². The molecule has 3 nitrogen and oxygen atoms in total. The number of aromatic nitrogens is 1. The first kappa shape index (κ1) is 12.5. The van der Waals surface area contributed by atoms with E-state index in [2.05, 4.69) is 10.4 Å². The molecule has 88 valence electrons. The van der Waals surface area contributed by atoms with Gasteiger partial charge >= 0.3 is 0 Å². The number of hydrogen-bond acceptors (Lipinski definition) is 4. The van der Waals surface area contributed by atoms with Gasteiger partial charge in [0.05, 0.1) is 10.0 Å².